The van der Waals surface area contributed by atoms with Crippen molar-refractivity contribution in [2.75, 3.05) is 13.7 Å². The molecule has 0 amide bonds. The molecular weight excluding hydrogens is 292 g/mol. The van der Waals surface area contributed by atoms with Gasteiger partial charge in [-0.3, -0.25) is 4.79 Å². The van der Waals surface area contributed by atoms with Crippen LogP contribution >= 0.6 is 0 Å². The molecule has 0 saturated carbocycles. The second-order valence-electron chi connectivity index (χ2n) is 5.29. The quantitative estimate of drug-likeness (QED) is 0.803. The van der Waals surface area contributed by atoms with E-state index in [2.05, 4.69) is 0 Å². The smallest absolute Gasteiger partial charge is 0.311 e. The Hall–Kier alpha value is -2.49. The Bertz CT molecular complexity index is 651. The summed E-state index contributed by atoms with van der Waals surface area (Å²) in [6.45, 7) is 2.65. The number of para-hydroxylation sites is 2. The van der Waals surface area contributed by atoms with Crippen LogP contribution < -0.4 is 9.47 Å². The number of carbonyl (C=O) groups is 1. The van der Waals surface area contributed by atoms with Gasteiger partial charge in [-0.15, -0.1) is 0 Å². The number of carboxylic acids is 1. The largest absolute Gasteiger partial charge is 0.496 e. The van der Waals surface area contributed by atoms with Crippen molar-refractivity contribution in [3.8, 4) is 11.5 Å². The first-order chi connectivity index (χ1) is 11.2. The van der Waals surface area contributed by atoms with E-state index in [-0.39, 0.29) is 0 Å². The molecule has 4 heteroatoms. The van der Waals surface area contributed by atoms with Crippen molar-refractivity contribution in [3.05, 3.63) is 59.7 Å². The summed E-state index contributed by atoms with van der Waals surface area (Å²) in [5.74, 6) is -0.223. The molecule has 4 nitrogen and oxygen atoms in total. The highest BCUT2D eigenvalue weighted by molar-refractivity contribution is 5.78. The van der Waals surface area contributed by atoms with Crippen LogP contribution in [-0.4, -0.2) is 24.8 Å². The monoisotopic (exact) mass is 314 g/mol. The van der Waals surface area contributed by atoms with Crippen LogP contribution in [0.2, 0.25) is 0 Å². The number of aliphatic carboxylic acids is 1. The summed E-state index contributed by atoms with van der Waals surface area (Å²) in [5, 5.41) is 9.68. The van der Waals surface area contributed by atoms with Crippen LogP contribution in [0.15, 0.2) is 48.5 Å². The second-order valence-corrected chi connectivity index (χ2v) is 5.29. The molecule has 0 fully saturated rings. The summed E-state index contributed by atoms with van der Waals surface area (Å²) < 4.78 is 11.0. The Labute approximate surface area is 136 Å². The van der Waals surface area contributed by atoms with Crippen LogP contribution in [0.25, 0.3) is 0 Å². The summed E-state index contributed by atoms with van der Waals surface area (Å²) in [5.41, 5.74) is 1.56. The standard InChI is InChI=1S/C19H22O4/c1-3-12-23-17-10-6-4-8-14(17)13-16(19(20)21)15-9-5-7-11-18(15)22-2/h4-11,16H,3,12-13H2,1-2H3,(H,20,21). The van der Waals surface area contributed by atoms with Crippen molar-refractivity contribution >= 4 is 5.97 Å². The molecule has 0 radical (unpaired) electrons. The fourth-order valence-electron chi connectivity index (χ4n) is 2.53. The van der Waals surface area contributed by atoms with E-state index in [9.17, 15) is 9.90 Å². The molecule has 0 saturated heterocycles. The van der Waals surface area contributed by atoms with Crippen molar-refractivity contribution in [1.29, 1.82) is 0 Å². The lowest BCUT2D eigenvalue weighted by Gasteiger charge is -2.18. The van der Waals surface area contributed by atoms with Gasteiger partial charge in [0, 0.05) is 5.56 Å². The molecule has 0 aliphatic rings. The first-order valence-corrected chi connectivity index (χ1v) is 7.73. The third-order valence-corrected chi connectivity index (χ3v) is 3.67. The number of hydrogen-bond donors (Lipinski definition) is 1. The summed E-state index contributed by atoms with van der Waals surface area (Å²) in [6, 6.07) is 14.8. The minimum Gasteiger partial charge on any atom is -0.496 e. The molecule has 0 aromatic heterocycles. The summed E-state index contributed by atoms with van der Waals surface area (Å²) >= 11 is 0. The lowest BCUT2D eigenvalue weighted by molar-refractivity contribution is -0.138. The maximum atomic E-state index is 11.8. The van der Waals surface area contributed by atoms with Crippen LogP contribution in [0.4, 0.5) is 0 Å². The number of rotatable bonds is 8. The highest BCUT2D eigenvalue weighted by atomic mass is 16.5. The fraction of sp³-hybridized carbons (Fsp3) is 0.316. The highest BCUT2D eigenvalue weighted by Gasteiger charge is 2.24. The van der Waals surface area contributed by atoms with Gasteiger partial charge < -0.3 is 14.6 Å². The first kappa shape index (κ1) is 16.9. The molecule has 2 aromatic carbocycles. The minimum absolute atomic E-state index is 0.357. The lowest BCUT2D eigenvalue weighted by Crippen LogP contribution is -2.16. The van der Waals surface area contributed by atoms with E-state index in [1.807, 2.05) is 43.3 Å². The number of methoxy groups -OCH3 is 1. The fourth-order valence-corrected chi connectivity index (χ4v) is 2.53. The van der Waals surface area contributed by atoms with E-state index < -0.39 is 11.9 Å². The van der Waals surface area contributed by atoms with Crippen molar-refractivity contribution in [1.82, 2.24) is 0 Å². The zero-order chi connectivity index (χ0) is 16.7. The second kappa shape index (κ2) is 8.22. The third kappa shape index (κ3) is 4.25. The number of ether oxygens (including phenoxy) is 2. The maximum Gasteiger partial charge on any atom is 0.311 e. The first-order valence-electron chi connectivity index (χ1n) is 7.73. The van der Waals surface area contributed by atoms with Gasteiger partial charge in [0.15, 0.2) is 0 Å². The minimum atomic E-state index is -0.875. The Morgan fingerprint density at radius 2 is 1.74 bits per heavy atom. The van der Waals surface area contributed by atoms with Crippen molar-refractivity contribution in [2.45, 2.75) is 25.7 Å². The third-order valence-electron chi connectivity index (χ3n) is 3.67. The van der Waals surface area contributed by atoms with E-state index in [1.54, 1.807) is 19.2 Å². The van der Waals surface area contributed by atoms with Gasteiger partial charge in [0.2, 0.25) is 0 Å². The molecule has 0 bridgehead atoms. The Morgan fingerprint density at radius 3 is 2.39 bits per heavy atom. The molecule has 0 heterocycles. The highest BCUT2D eigenvalue weighted by Crippen LogP contribution is 2.32. The molecule has 0 aliphatic carbocycles. The molecule has 1 unspecified atom stereocenters. The SMILES string of the molecule is CCCOc1ccccc1CC(C(=O)O)c1ccccc1OC. The molecular formula is C19H22O4. The average molecular weight is 314 g/mol. The van der Waals surface area contributed by atoms with Gasteiger partial charge in [-0.25, -0.2) is 0 Å². The number of hydrogen-bond acceptors (Lipinski definition) is 3. The van der Waals surface area contributed by atoms with Crippen molar-refractivity contribution in [2.24, 2.45) is 0 Å². The average Bonchev–Trinajstić information content (AvgIpc) is 2.58. The van der Waals surface area contributed by atoms with Crippen LogP contribution in [0.5, 0.6) is 11.5 Å². The van der Waals surface area contributed by atoms with Crippen molar-refractivity contribution < 1.29 is 19.4 Å². The van der Waals surface area contributed by atoms with Crippen LogP contribution in [0.3, 0.4) is 0 Å². The van der Waals surface area contributed by atoms with Gasteiger partial charge >= 0.3 is 5.97 Å². The topological polar surface area (TPSA) is 55.8 Å². The Kier molecular flexibility index (Phi) is 6.03. The molecule has 122 valence electrons. The Balaban J connectivity index is 2.32. The summed E-state index contributed by atoms with van der Waals surface area (Å²) in [4.78, 5) is 11.8. The van der Waals surface area contributed by atoms with E-state index in [0.717, 1.165) is 17.7 Å². The van der Waals surface area contributed by atoms with Crippen LogP contribution in [-0.2, 0) is 11.2 Å². The molecule has 1 atom stereocenters. The molecule has 23 heavy (non-hydrogen) atoms. The lowest BCUT2D eigenvalue weighted by atomic mass is 9.91. The molecule has 2 rings (SSSR count). The van der Waals surface area contributed by atoms with E-state index in [4.69, 9.17) is 9.47 Å². The Morgan fingerprint density at radius 1 is 1.09 bits per heavy atom. The summed E-state index contributed by atoms with van der Waals surface area (Å²) in [7, 11) is 1.55. The van der Waals surface area contributed by atoms with Gasteiger partial charge in [-0.2, -0.15) is 0 Å². The van der Waals surface area contributed by atoms with Gasteiger partial charge in [0.05, 0.1) is 19.6 Å². The van der Waals surface area contributed by atoms with Gasteiger partial charge in [0.1, 0.15) is 11.5 Å². The zero-order valence-electron chi connectivity index (χ0n) is 13.5. The predicted molar refractivity (Wildman–Crippen MR) is 89.3 cm³/mol. The number of carboxylic acid groups (broad SMARTS) is 1. The normalized spacial score (nSPS) is 11.7. The van der Waals surface area contributed by atoms with Crippen molar-refractivity contribution in [3.63, 3.8) is 0 Å². The zero-order valence-corrected chi connectivity index (χ0v) is 13.5. The van der Waals surface area contributed by atoms with E-state index >= 15 is 0 Å². The van der Waals surface area contributed by atoms with Gasteiger partial charge in [0.25, 0.3) is 0 Å². The molecule has 0 aliphatic heterocycles. The van der Waals surface area contributed by atoms with E-state index in [1.165, 1.54) is 0 Å². The molecule has 0 spiro atoms. The van der Waals surface area contributed by atoms with Gasteiger partial charge in [-0.1, -0.05) is 43.3 Å². The summed E-state index contributed by atoms with van der Waals surface area (Å²) in [6.07, 6.45) is 1.26. The van der Waals surface area contributed by atoms with Crippen LogP contribution in [0.1, 0.15) is 30.4 Å². The van der Waals surface area contributed by atoms with Gasteiger partial charge in [-0.05, 0) is 30.5 Å². The predicted octanol–water partition coefficient (Wildman–Crippen LogP) is 3.89. The number of benzene rings is 2. The maximum absolute atomic E-state index is 11.8. The molecule has 1 N–H and O–H groups in total. The molecule has 2 aromatic rings. The van der Waals surface area contributed by atoms with Crippen LogP contribution in [0, 0.1) is 0 Å². The van der Waals surface area contributed by atoms with E-state index in [0.29, 0.717) is 24.3 Å².